The molecular formula is C12H14N4O2S. The lowest BCUT2D eigenvalue weighted by Gasteiger charge is -2.29. The summed E-state index contributed by atoms with van der Waals surface area (Å²) in [7, 11) is 1.81. The highest BCUT2D eigenvalue weighted by Gasteiger charge is 2.23. The Labute approximate surface area is 114 Å². The molecule has 0 unspecified atom stereocenters. The zero-order valence-corrected chi connectivity index (χ0v) is 11.4. The van der Waals surface area contributed by atoms with Crippen molar-refractivity contribution in [1.82, 2.24) is 14.8 Å². The minimum atomic E-state index is -0.938. The predicted octanol–water partition coefficient (Wildman–Crippen LogP) is 1.22. The fraction of sp³-hybridized carbons (Fsp3) is 0.417. The third-order valence-corrected chi connectivity index (χ3v) is 4.23. The Hall–Kier alpha value is -1.76. The van der Waals surface area contributed by atoms with Gasteiger partial charge in [-0.15, -0.1) is 0 Å². The van der Waals surface area contributed by atoms with Crippen LogP contribution in [0.2, 0.25) is 0 Å². The fourth-order valence-electron chi connectivity index (χ4n) is 2.37. The number of carboxylic acids is 1. The number of carbonyl (C=O) groups is 1. The highest BCUT2D eigenvalue weighted by Crippen LogP contribution is 2.31. The first kappa shape index (κ1) is 12.3. The number of rotatable bonds is 2. The molecule has 0 bridgehead atoms. The molecule has 3 rings (SSSR count). The predicted molar refractivity (Wildman–Crippen MR) is 75.0 cm³/mol. The van der Waals surface area contributed by atoms with Crippen LogP contribution in [0.4, 0.5) is 5.69 Å². The van der Waals surface area contributed by atoms with E-state index in [0.717, 1.165) is 41.3 Å². The van der Waals surface area contributed by atoms with E-state index in [1.807, 2.05) is 18.8 Å². The fourth-order valence-corrected chi connectivity index (χ4v) is 3.27. The summed E-state index contributed by atoms with van der Waals surface area (Å²) in [5.74, 6) is 1.10. The Morgan fingerprint density at radius 1 is 1.37 bits per heavy atom. The van der Waals surface area contributed by atoms with E-state index in [1.165, 1.54) is 6.20 Å². The minimum Gasteiger partial charge on any atom is -0.478 e. The Kier molecular flexibility index (Phi) is 3.06. The molecule has 3 heterocycles. The van der Waals surface area contributed by atoms with Crippen molar-refractivity contribution in [1.29, 1.82) is 0 Å². The van der Waals surface area contributed by atoms with E-state index in [1.54, 1.807) is 10.9 Å². The van der Waals surface area contributed by atoms with Gasteiger partial charge in [-0.1, -0.05) is 0 Å². The van der Waals surface area contributed by atoms with Crippen LogP contribution >= 0.6 is 11.8 Å². The lowest BCUT2D eigenvalue weighted by atomic mass is 10.1. The lowest BCUT2D eigenvalue weighted by Crippen LogP contribution is -2.33. The molecule has 0 saturated carbocycles. The van der Waals surface area contributed by atoms with Crippen LogP contribution in [0.3, 0.4) is 0 Å². The Morgan fingerprint density at radius 3 is 2.79 bits per heavy atom. The number of aromatic carboxylic acids is 1. The number of hydrogen-bond donors (Lipinski definition) is 1. The van der Waals surface area contributed by atoms with E-state index in [2.05, 4.69) is 15.0 Å². The normalized spacial score (nSPS) is 15.9. The van der Waals surface area contributed by atoms with Crippen LogP contribution in [0.5, 0.6) is 0 Å². The summed E-state index contributed by atoms with van der Waals surface area (Å²) < 4.78 is 1.67. The number of aryl methyl sites for hydroxylation is 1. The van der Waals surface area contributed by atoms with Gasteiger partial charge >= 0.3 is 5.97 Å². The van der Waals surface area contributed by atoms with Gasteiger partial charge in [-0.05, 0) is 0 Å². The van der Waals surface area contributed by atoms with Crippen molar-refractivity contribution in [2.45, 2.75) is 0 Å². The summed E-state index contributed by atoms with van der Waals surface area (Å²) in [5.41, 5.74) is 1.73. The first-order valence-corrected chi connectivity index (χ1v) is 7.20. The summed E-state index contributed by atoms with van der Waals surface area (Å²) in [4.78, 5) is 17.8. The molecule has 0 aromatic carbocycles. The number of pyridine rings is 1. The molecule has 6 nitrogen and oxygen atoms in total. The minimum absolute atomic E-state index is 0.257. The Balaban J connectivity index is 2.21. The average Bonchev–Trinajstić information content (AvgIpc) is 2.80. The molecule has 0 atom stereocenters. The van der Waals surface area contributed by atoms with Gasteiger partial charge in [0.25, 0.3) is 0 Å². The standard InChI is InChI=1S/C12H14N4O2S/c1-15-11-8(7-14-15)10(9(6-13-11)12(17)18)16-2-4-19-5-3-16/h6-7H,2-5H2,1H3,(H,17,18). The number of nitrogens with zero attached hydrogens (tertiary/aromatic N) is 4. The SMILES string of the molecule is Cn1ncc2c(N3CCSCC3)c(C(=O)O)cnc21. The van der Waals surface area contributed by atoms with Gasteiger partial charge in [0, 0.05) is 37.8 Å². The first-order chi connectivity index (χ1) is 9.18. The summed E-state index contributed by atoms with van der Waals surface area (Å²) in [5, 5.41) is 14.4. The van der Waals surface area contributed by atoms with Gasteiger partial charge in [0.15, 0.2) is 5.65 Å². The molecule has 1 N–H and O–H groups in total. The van der Waals surface area contributed by atoms with E-state index < -0.39 is 5.97 Å². The highest BCUT2D eigenvalue weighted by molar-refractivity contribution is 7.99. The van der Waals surface area contributed by atoms with Crippen molar-refractivity contribution in [2.75, 3.05) is 29.5 Å². The summed E-state index contributed by atoms with van der Waals surface area (Å²) in [6.45, 7) is 1.72. The van der Waals surface area contributed by atoms with Crippen molar-refractivity contribution in [2.24, 2.45) is 7.05 Å². The van der Waals surface area contributed by atoms with Gasteiger partial charge in [-0.2, -0.15) is 16.9 Å². The summed E-state index contributed by atoms with van der Waals surface area (Å²) >= 11 is 1.89. The highest BCUT2D eigenvalue weighted by atomic mass is 32.2. The molecule has 2 aromatic rings. The molecule has 100 valence electrons. The van der Waals surface area contributed by atoms with Crippen molar-refractivity contribution in [3.05, 3.63) is 18.0 Å². The van der Waals surface area contributed by atoms with Crippen LogP contribution in [-0.4, -0.2) is 50.4 Å². The van der Waals surface area contributed by atoms with Crippen molar-refractivity contribution in [3.63, 3.8) is 0 Å². The molecule has 0 spiro atoms. The molecule has 1 aliphatic heterocycles. The van der Waals surface area contributed by atoms with Crippen molar-refractivity contribution < 1.29 is 9.90 Å². The third-order valence-electron chi connectivity index (χ3n) is 3.29. The number of aromatic nitrogens is 3. The zero-order valence-electron chi connectivity index (χ0n) is 10.5. The number of fused-ring (bicyclic) bond motifs is 1. The molecule has 1 saturated heterocycles. The smallest absolute Gasteiger partial charge is 0.339 e. The van der Waals surface area contributed by atoms with Crippen LogP contribution < -0.4 is 4.90 Å². The molecule has 1 fully saturated rings. The maximum absolute atomic E-state index is 11.4. The van der Waals surface area contributed by atoms with E-state index >= 15 is 0 Å². The Morgan fingerprint density at radius 2 is 2.11 bits per heavy atom. The van der Waals surface area contributed by atoms with E-state index in [-0.39, 0.29) is 5.56 Å². The Bertz CT molecular complexity index is 634. The second kappa shape index (κ2) is 4.73. The number of thioether (sulfide) groups is 1. The van der Waals surface area contributed by atoms with E-state index in [9.17, 15) is 9.90 Å². The monoisotopic (exact) mass is 278 g/mol. The number of carboxylic acid groups (broad SMARTS) is 1. The molecule has 0 amide bonds. The first-order valence-electron chi connectivity index (χ1n) is 6.05. The largest absolute Gasteiger partial charge is 0.478 e. The molecule has 0 aliphatic carbocycles. The van der Waals surface area contributed by atoms with E-state index in [0.29, 0.717) is 0 Å². The second-order valence-electron chi connectivity index (χ2n) is 4.43. The van der Waals surface area contributed by atoms with Crippen LogP contribution in [-0.2, 0) is 7.05 Å². The topological polar surface area (TPSA) is 71.2 Å². The quantitative estimate of drug-likeness (QED) is 0.890. The van der Waals surface area contributed by atoms with Crippen molar-refractivity contribution in [3.8, 4) is 0 Å². The average molecular weight is 278 g/mol. The maximum Gasteiger partial charge on any atom is 0.339 e. The van der Waals surface area contributed by atoms with Crippen molar-refractivity contribution >= 4 is 34.5 Å². The lowest BCUT2D eigenvalue weighted by molar-refractivity contribution is 0.0697. The van der Waals surface area contributed by atoms with Crippen LogP contribution in [0.15, 0.2) is 12.4 Å². The number of hydrogen-bond acceptors (Lipinski definition) is 5. The molecule has 0 radical (unpaired) electrons. The molecular weight excluding hydrogens is 264 g/mol. The molecule has 7 heteroatoms. The third kappa shape index (κ3) is 2.03. The summed E-state index contributed by atoms with van der Waals surface area (Å²) in [6.07, 6.45) is 3.13. The summed E-state index contributed by atoms with van der Waals surface area (Å²) in [6, 6.07) is 0. The van der Waals surface area contributed by atoms with Gasteiger partial charge < -0.3 is 10.0 Å². The second-order valence-corrected chi connectivity index (χ2v) is 5.66. The van der Waals surface area contributed by atoms with Gasteiger partial charge in [0.1, 0.15) is 5.56 Å². The van der Waals surface area contributed by atoms with Crippen LogP contribution in [0.1, 0.15) is 10.4 Å². The van der Waals surface area contributed by atoms with Crippen LogP contribution in [0, 0.1) is 0 Å². The molecule has 2 aromatic heterocycles. The van der Waals surface area contributed by atoms with Crippen LogP contribution in [0.25, 0.3) is 11.0 Å². The maximum atomic E-state index is 11.4. The number of anilines is 1. The van der Waals surface area contributed by atoms with E-state index in [4.69, 9.17) is 0 Å². The molecule has 1 aliphatic rings. The van der Waals surface area contributed by atoms with Gasteiger partial charge in [-0.25, -0.2) is 9.78 Å². The van der Waals surface area contributed by atoms with Gasteiger partial charge in [0.2, 0.25) is 0 Å². The molecule has 19 heavy (non-hydrogen) atoms. The zero-order chi connectivity index (χ0) is 13.4. The van der Waals surface area contributed by atoms with Gasteiger partial charge in [-0.3, -0.25) is 4.68 Å². The van der Waals surface area contributed by atoms with Gasteiger partial charge in [0.05, 0.1) is 17.3 Å².